The van der Waals surface area contributed by atoms with E-state index in [9.17, 15) is 13.2 Å². The van der Waals surface area contributed by atoms with Gasteiger partial charge in [-0.3, -0.25) is 0 Å². The van der Waals surface area contributed by atoms with Gasteiger partial charge in [0, 0.05) is 22.7 Å². The summed E-state index contributed by atoms with van der Waals surface area (Å²) in [5.74, 6) is 1.54. The van der Waals surface area contributed by atoms with Crippen LogP contribution in [0.25, 0.3) is 22.6 Å². The van der Waals surface area contributed by atoms with Crippen LogP contribution in [0.4, 0.5) is 13.2 Å². The summed E-state index contributed by atoms with van der Waals surface area (Å²) in [5, 5.41) is 0. The molecule has 0 atom stereocenters. The molecule has 0 radical (unpaired) electrons. The molecule has 1 aromatic carbocycles. The van der Waals surface area contributed by atoms with E-state index >= 15 is 0 Å². The van der Waals surface area contributed by atoms with E-state index in [0.29, 0.717) is 11.5 Å². The molecule has 0 saturated carbocycles. The van der Waals surface area contributed by atoms with Gasteiger partial charge in [-0.2, -0.15) is 13.2 Å². The molecule has 132 valence electrons. The zero-order valence-corrected chi connectivity index (χ0v) is 14.9. The zero-order valence-electron chi connectivity index (χ0n) is 14.1. The van der Waals surface area contributed by atoms with Crippen LogP contribution in [0.2, 0.25) is 0 Å². The monoisotopic (exact) mass is 365 g/mol. The number of halogens is 3. The van der Waals surface area contributed by atoms with Crippen LogP contribution < -0.4 is 0 Å². The molecule has 0 spiro atoms. The molecule has 2 aromatic heterocycles. The first-order valence-electron chi connectivity index (χ1n) is 8.00. The number of aromatic nitrogens is 3. The van der Waals surface area contributed by atoms with Gasteiger partial charge < -0.3 is 4.57 Å². The Balaban J connectivity index is 2.26. The van der Waals surface area contributed by atoms with Crippen molar-refractivity contribution in [1.29, 1.82) is 0 Å². The minimum Gasteiger partial charge on any atom is -0.306 e. The minimum absolute atomic E-state index is 0.0175. The normalized spacial score (nSPS) is 12.3. The maximum absolute atomic E-state index is 13.0. The highest BCUT2D eigenvalue weighted by atomic mass is 32.2. The summed E-state index contributed by atoms with van der Waals surface area (Å²) >= 11 is 1.68. The highest BCUT2D eigenvalue weighted by molar-refractivity contribution is 7.99. The number of alkyl halides is 3. The average Bonchev–Trinajstić information content (AvgIpc) is 2.93. The first kappa shape index (κ1) is 17.8. The van der Waals surface area contributed by atoms with Crippen molar-refractivity contribution in [2.75, 3.05) is 5.75 Å². The Hall–Kier alpha value is -2.02. The third kappa shape index (κ3) is 3.38. The number of pyridine rings is 1. The fraction of sp³-hybridized carbons (Fsp3) is 0.333. The van der Waals surface area contributed by atoms with E-state index in [1.165, 1.54) is 0 Å². The second kappa shape index (κ2) is 6.71. The van der Waals surface area contributed by atoms with E-state index in [0.717, 1.165) is 28.5 Å². The van der Waals surface area contributed by atoms with Gasteiger partial charge in [0.2, 0.25) is 0 Å². The molecule has 7 heteroatoms. The maximum atomic E-state index is 13.0. The second-order valence-electron chi connectivity index (χ2n) is 5.89. The predicted molar refractivity (Wildman–Crippen MR) is 94.7 cm³/mol. The van der Waals surface area contributed by atoms with E-state index in [2.05, 4.69) is 16.9 Å². The number of benzene rings is 1. The van der Waals surface area contributed by atoms with Gasteiger partial charge in [-0.25, -0.2) is 9.97 Å². The van der Waals surface area contributed by atoms with Gasteiger partial charge in [-0.1, -0.05) is 25.1 Å². The third-order valence-electron chi connectivity index (χ3n) is 3.80. The van der Waals surface area contributed by atoms with Crippen molar-refractivity contribution < 1.29 is 13.2 Å². The van der Waals surface area contributed by atoms with Crippen LogP contribution in [0.3, 0.4) is 0 Å². The fourth-order valence-corrected chi connectivity index (χ4v) is 3.55. The van der Waals surface area contributed by atoms with Crippen molar-refractivity contribution >= 4 is 22.9 Å². The Morgan fingerprint density at radius 1 is 1.20 bits per heavy atom. The number of hydrogen-bond acceptors (Lipinski definition) is 3. The van der Waals surface area contributed by atoms with Gasteiger partial charge in [0.1, 0.15) is 11.3 Å². The smallest absolute Gasteiger partial charge is 0.306 e. The summed E-state index contributed by atoms with van der Waals surface area (Å²) in [6.45, 7) is 6.00. The number of thioether (sulfide) groups is 1. The summed E-state index contributed by atoms with van der Waals surface area (Å²) in [6.07, 6.45) is -3.56. The summed E-state index contributed by atoms with van der Waals surface area (Å²) in [7, 11) is 0. The molecule has 3 aromatic rings. The molecule has 0 bridgehead atoms. The van der Waals surface area contributed by atoms with Crippen molar-refractivity contribution in [3.05, 3.63) is 42.1 Å². The Morgan fingerprint density at radius 2 is 1.92 bits per heavy atom. The largest absolute Gasteiger partial charge is 0.417 e. The SMILES string of the molecule is CCSc1ccccc1-c1nc2cc(C(F)(F)F)cnc2n1C(C)C. The van der Waals surface area contributed by atoms with Crippen LogP contribution in [0.15, 0.2) is 41.4 Å². The van der Waals surface area contributed by atoms with E-state index in [1.807, 2.05) is 42.7 Å². The first-order chi connectivity index (χ1) is 11.8. The van der Waals surface area contributed by atoms with E-state index in [4.69, 9.17) is 0 Å². The number of imidazole rings is 1. The average molecular weight is 365 g/mol. The highest BCUT2D eigenvalue weighted by Crippen LogP contribution is 2.36. The Morgan fingerprint density at radius 3 is 2.56 bits per heavy atom. The maximum Gasteiger partial charge on any atom is 0.417 e. The van der Waals surface area contributed by atoms with Crippen molar-refractivity contribution in [2.24, 2.45) is 0 Å². The molecule has 0 amide bonds. The van der Waals surface area contributed by atoms with Gasteiger partial charge in [-0.15, -0.1) is 11.8 Å². The standard InChI is InChI=1S/C18H18F3N3S/c1-4-25-15-8-6-5-7-13(15)16-23-14-9-12(18(19,20)21)10-22-17(14)24(16)11(2)3/h5-11H,4H2,1-3H3. The van der Waals surface area contributed by atoms with Gasteiger partial charge >= 0.3 is 6.18 Å². The van der Waals surface area contributed by atoms with Gasteiger partial charge in [0.15, 0.2) is 5.65 Å². The van der Waals surface area contributed by atoms with Crippen LogP contribution in [0, 0.1) is 0 Å². The van der Waals surface area contributed by atoms with Crippen molar-refractivity contribution in [3.63, 3.8) is 0 Å². The van der Waals surface area contributed by atoms with Gasteiger partial charge in [-0.05, 0) is 31.7 Å². The molecule has 3 rings (SSSR count). The molecule has 0 fully saturated rings. The summed E-state index contributed by atoms with van der Waals surface area (Å²) in [6, 6.07) is 8.90. The lowest BCUT2D eigenvalue weighted by Crippen LogP contribution is -2.07. The lowest BCUT2D eigenvalue weighted by Gasteiger charge is -2.14. The Labute approximate surface area is 148 Å². The van der Waals surface area contributed by atoms with E-state index in [1.54, 1.807) is 11.8 Å². The highest BCUT2D eigenvalue weighted by Gasteiger charge is 2.32. The number of nitrogens with zero attached hydrogens (tertiary/aromatic N) is 3. The van der Waals surface area contributed by atoms with Crippen LogP contribution in [0.1, 0.15) is 32.4 Å². The molecule has 3 nitrogen and oxygen atoms in total. The molecule has 0 aliphatic carbocycles. The van der Waals surface area contributed by atoms with Gasteiger partial charge in [0.05, 0.1) is 5.56 Å². The van der Waals surface area contributed by atoms with Crippen molar-refractivity contribution in [1.82, 2.24) is 14.5 Å². The molecule has 0 saturated heterocycles. The fourth-order valence-electron chi connectivity index (χ4n) is 2.75. The van der Waals surface area contributed by atoms with Crippen LogP contribution in [-0.2, 0) is 6.18 Å². The minimum atomic E-state index is -4.43. The summed E-state index contributed by atoms with van der Waals surface area (Å²) < 4.78 is 40.9. The number of hydrogen-bond donors (Lipinski definition) is 0. The number of fused-ring (bicyclic) bond motifs is 1. The lowest BCUT2D eigenvalue weighted by atomic mass is 10.2. The molecule has 0 aliphatic rings. The predicted octanol–water partition coefficient (Wildman–Crippen LogP) is 5.81. The number of rotatable bonds is 4. The topological polar surface area (TPSA) is 30.7 Å². The summed E-state index contributed by atoms with van der Waals surface area (Å²) in [5.41, 5.74) is 0.856. The Bertz CT molecular complexity index is 900. The van der Waals surface area contributed by atoms with Gasteiger partial charge in [0.25, 0.3) is 0 Å². The molecule has 0 unspecified atom stereocenters. The molecule has 0 aliphatic heterocycles. The van der Waals surface area contributed by atoms with Crippen LogP contribution in [0.5, 0.6) is 0 Å². The molecule has 0 N–H and O–H groups in total. The quantitative estimate of drug-likeness (QED) is 0.547. The third-order valence-corrected chi connectivity index (χ3v) is 4.76. The zero-order chi connectivity index (χ0) is 18.2. The van der Waals surface area contributed by atoms with Crippen LogP contribution >= 0.6 is 11.8 Å². The molecule has 25 heavy (non-hydrogen) atoms. The summed E-state index contributed by atoms with van der Waals surface area (Å²) in [4.78, 5) is 9.63. The van der Waals surface area contributed by atoms with Crippen molar-refractivity contribution in [3.8, 4) is 11.4 Å². The van der Waals surface area contributed by atoms with E-state index < -0.39 is 11.7 Å². The lowest BCUT2D eigenvalue weighted by molar-refractivity contribution is -0.137. The van der Waals surface area contributed by atoms with E-state index in [-0.39, 0.29) is 11.6 Å². The Kier molecular flexibility index (Phi) is 4.77. The molecular weight excluding hydrogens is 347 g/mol. The van der Waals surface area contributed by atoms with Crippen LogP contribution in [-0.4, -0.2) is 20.3 Å². The molecule has 2 heterocycles. The molecular formula is C18H18F3N3S. The van der Waals surface area contributed by atoms with Crippen molar-refractivity contribution in [2.45, 2.75) is 37.9 Å². The second-order valence-corrected chi connectivity index (χ2v) is 7.20. The first-order valence-corrected chi connectivity index (χ1v) is 8.98.